The molecule has 1 N–H and O–H groups in total. The van der Waals surface area contributed by atoms with Crippen molar-refractivity contribution in [2.75, 3.05) is 5.32 Å². The first-order valence-electron chi connectivity index (χ1n) is 7.51. The molecular formula is C18H20N2O. The van der Waals surface area contributed by atoms with Crippen LogP contribution < -0.4 is 5.32 Å². The monoisotopic (exact) mass is 280 g/mol. The second kappa shape index (κ2) is 6.44. The van der Waals surface area contributed by atoms with Crippen LogP contribution in [-0.2, 0) is 13.0 Å². The number of hydrogen-bond donors (Lipinski definition) is 1. The number of furan rings is 1. The fourth-order valence-corrected chi connectivity index (χ4v) is 2.54. The molecule has 108 valence electrons. The van der Waals surface area contributed by atoms with Gasteiger partial charge in [-0.05, 0) is 24.6 Å². The molecule has 0 unspecified atom stereocenters. The molecule has 2 heterocycles. The summed E-state index contributed by atoms with van der Waals surface area (Å²) in [6, 6.07) is 12.2. The van der Waals surface area contributed by atoms with Crippen molar-refractivity contribution in [2.45, 2.75) is 32.7 Å². The second-order valence-electron chi connectivity index (χ2n) is 5.20. The highest BCUT2D eigenvalue weighted by Gasteiger charge is 2.13. The van der Waals surface area contributed by atoms with E-state index in [4.69, 9.17) is 4.42 Å². The molecule has 0 saturated heterocycles. The Labute approximate surface area is 125 Å². The number of unbranched alkanes of at least 4 members (excludes halogenated alkanes) is 1. The van der Waals surface area contributed by atoms with E-state index in [2.05, 4.69) is 29.4 Å². The van der Waals surface area contributed by atoms with Crippen LogP contribution >= 0.6 is 0 Å². The van der Waals surface area contributed by atoms with Gasteiger partial charge in [0.25, 0.3) is 0 Å². The molecule has 3 nitrogen and oxygen atoms in total. The average Bonchev–Trinajstić information content (AvgIpc) is 2.89. The molecule has 1 aromatic carbocycles. The molecule has 0 radical (unpaired) electrons. The highest BCUT2D eigenvalue weighted by Crippen LogP contribution is 2.27. The van der Waals surface area contributed by atoms with Crippen LogP contribution in [0.2, 0.25) is 0 Å². The highest BCUT2D eigenvalue weighted by molar-refractivity contribution is 5.82. The summed E-state index contributed by atoms with van der Waals surface area (Å²) >= 11 is 0. The van der Waals surface area contributed by atoms with Crippen LogP contribution in [0.4, 0.5) is 5.69 Å². The quantitative estimate of drug-likeness (QED) is 0.706. The molecule has 0 fully saturated rings. The number of nitrogens with zero attached hydrogens (tertiary/aromatic N) is 1. The molecule has 21 heavy (non-hydrogen) atoms. The number of aromatic nitrogens is 1. The maximum Gasteiger partial charge on any atom is 0.134 e. The van der Waals surface area contributed by atoms with Crippen molar-refractivity contribution in [2.24, 2.45) is 0 Å². The smallest absolute Gasteiger partial charge is 0.134 e. The second-order valence-corrected chi connectivity index (χ2v) is 5.20. The third-order valence-corrected chi connectivity index (χ3v) is 3.67. The summed E-state index contributed by atoms with van der Waals surface area (Å²) in [6.07, 6.45) is 6.95. The third kappa shape index (κ3) is 3.07. The lowest BCUT2D eigenvalue weighted by Gasteiger charge is -2.06. The molecule has 0 bridgehead atoms. The summed E-state index contributed by atoms with van der Waals surface area (Å²) < 4.78 is 6.03. The van der Waals surface area contributed by atoms with Crippen LogP contribution in [-0.4, -0.2) is 4.98 Å². The topological polar surface area (TPSA) is 38.1 Å². The normalized spacial score (nSPS) is 10.9. The number of fused-ring (bicyclic) bond motifs is 1. The zero-order chi connectivity index (χ0) is 14.5. The lowest BCUT2D eigenvalue weighted by Crippen LogP contribution is -2.01. The SMILES string of the molecule is CCCCc1oc2ccccc2c1CNc1cccnc1. The van der Waals surface area contributed by atoms with E-state index >= 15 is 0 Å². The number of rotatable bonds is 6. The minimum absolute atomic E-state index is 0.766. The van der Waals surface area contributed by atoms with Gasteiger partial charge in [0, 0.05) is 36.3 Å². The van der Waals surface area contributed by atoms with Gasteiger partial charge in [-0.1, -0.05) is 31.5 Å². The van der Waals surface area contributed by atoms with Gasteiger partial charge in [-0.2, -0.15) is 0 Å². The lowest BCUT2D eigenvalue weighted by molar-refractivity contribution is 0.531. The van der Waals surface area contributed by atoms with E-state index in [1.807, 2.05) is 30.5 Å². The minimum atomic E-state index is 0.766. The predicted molar refractivity (Wildman–Crippen MR) is 86.4 cm³/mol. The zero-order valence-corrected chi connectivity index (χ0v) is 12.3. The molecule has 3 rings (SSSR count). The summed E-state index contributed by atoms with van der Waals surface area (Å²) in [5.41, 5.74) is 3.28. The fraction of sp³-hybridized carbons (Fsp3) is 0.278. The van der Waals surface area contributed by atoms with Gasteiger partial charge < -0.3 is 9.73 Å². The van der Waals surface area contributed by atoms with Gasteiger partial charge in [-0.25, -0.2) is 0 Å². The molecule has 0 spiro atoms. The molecule has 2 aromatic heterocycles. The van der Waals surface area contributed by atoms with Crippen LogP contribution in [0.15, 0.2) is 53.2 Å². The average molecular weight is 280 g/mol. The standard InChI is InChI=1S/C18H20N2O/c1-2-3-9-18-16(13-20-14-7-6-11-19-12-14)15-8-4-5-10-17(15)21-18/h4-8,10-12,20H,2-3,9,13H2,1H3. The summed E-state index contributed by atoms with van der Waals surface area (Å²) in [4.78, 5) is 4.13. The Morgan fingerprint density at radius 2 is 2.05 bits per heavy atom. The van der Waals surface area contributed by atoms with Crippen LogP contribution in [0.3, 0.4) is 0 Å². The Morgan fingerprint density at radius 3 is 2.86 bits per heavy atom. The van der Waals surface area contributed by atoms with Gasteiger partial charge in [-0.3, -0.25) is 4.98 Å². The van der Waals surface area contributed by atoms with Crippen molar-refractivity contribution in [3.8, 4) is 0 Å². The van der Waals surface area contributed by atoms with Gasteiger partial charge in [0.1, 0.15) is 11.3 Å². The number of hydrogen-bond acceptors (Lipinski definition) is 3. The lowest BCUT2D eigenvalue weighted by atomic mass is 10.1. The molecule has 0 aliphatic rings. The maximum atomic E-state index is 6.03. The Bertz CT molecular complexity index is 704. The zero-order valence-electron chi connectivity index (χ0n) is 12.3. The highest BCUT2D eigenvalue weighted by atomic mass is 16.3. The van der Waals surface area contributed by atoms with Gasteiger partial charge in [0.05, 0.1) is 5.69 Å². The molecular weight excluding hydrogens is 260 g/mol. The minimum Gasteiger partial charge on any atom is -0.461 e. The van der Waals surface area contributed by atoms with Crippen molar-refractivity contribution >= 4 is 16.7 Å². The molecule has 0 aliphatic heterocycles. The molecule has 0 atom stereocenters. The molecule has 0 amide bonds. The Morgan fingerprint density at radius 1 is 1.14 bits per heavy atom. The Balaban J connectivity index is 1.87. The Hall–Kier alpha value is -2.29. The van der Waals surface area contributed by atoms with Crippen LogP contribution in [0.25, 0.3) is 11.0 Å². The Kier molecular flexibility index (Phi) is 4.20. The van der Waals surface area contributed by atoms with Crippen LogP contribution in [0.5, 0.6) is 0 Å². The summed E-state index contributed by atoms with van der Waals surface area (Å²) in [7, 11) is 0. The van der Waals surface area contributed by atoms with Gasteiger partial charge >= 0.3 is 0 Å². The van der Waals surface area contributed by atoms with Gasteiger partial charge in [-0.15, -0.1) is 0 Å². The van der Waals surface area contributed by atoms with Crippen molar-refractivity contribution in [1.29, 1.82) is 0 Å². The van der Waals surface area contributed by atoms with E-state index in [-0.39, 0.29) is 0 Å². The molecule has 3 heteroatoms. The number of aryl methyl sites for hydroxylation is 1. The number of anilines is 1. The summed E-state index contributed by atoms with van der Waals surface area (Å²) in [5.74, 6) is 1.11. The number of nitrogens with one attached hydrogen (secondary N) is 1. The van der Waals surface area contributed by atoms with Crippen molar-refractivity contribution in [3.63, 3.8) is 0 Å². The van der Waals surface area contributed by atoms with Crippen molar-refractivity contribution in [1.82, 2.24) is 4.98 Å². The first-order valence-corrected chi connectivity index (χ1v) is 7.51. The maximum absolute atomic E-state index is 6.03. The largest absolute Gasteiger partial charge is 0.461 e. The van der Waals surface area contributed by atoms with E-state index in [0.29, 0.717) is 0 Å². The van der Waals surface area contributed by atoms with E-state index in [1.54, 1.807) is 6.20 Å². The van der Waals surface area contributed by atoms with E-state index in [9.17, 15) is 0 Å². The van der Waals surface area contributed by atoms with Crippen molar-refractivity contribution in [3.05, 3.63) is 60.1 Å². The first kappa shape index (κ1) is 13.7. The summed E-state index contributed by atoms with van der Waals surface area (Å²) in [5, 5.41) is 4.64. The van der Waals surface area contributed by atoms with Crippen molar-refractivity contribution < 1.29 is 4.42 Å². The van der Waals surface area contributed by atoms with Crippen LogP contribution in [0, 0.1) is 0 Å². The predicted octanol–water partition coefficient (Wildman–Crippen LogP) is 4.78. The molecule has 0 saturated carbocycles. The van der Waals surface area contributed by atoms with E-state index < -0.39 is 0 Å². The van der Waals surface area contributed by atoms with E-state index in [1.165, 1.54) is 17.4 Å². The molecule has 3 aromatic rings. The van der Waals surface area contributed by atoms with Crippen LogP contribution in [0.1, 0.15) is 31.1 Å². The van der Waals surface area contributed by atoms with Gasteiger partial charge in [0.2, 0.25) is 0 Å². The third-order valence-electron chi connectivity index (χ3n) is 3.67. The summed E-state index contributed by atoms with van der Waals surface area (Å²) in [6.45, 7) is 2.97. The first-order chi connectivity index (χ1) is 10.4. The van der Waals surface area contributed by atoms with E-state index in [0.717, 1.165) is 36.4 Å². The molecule has 0 aliphatic carbocycles. The number of para-hydroxylation sites is 1. The van der Waals surface area contributed by atoms with Gasteiger partial charge in [0.15, 0.2) is 0 Å². The number of benzene rings is 1. The fourth-order valence-electron chi connectivity index (χ4n) is 2.54. The number of pyridine rings is 1.